The van der Waals surface area contributed by atoms with Gasteiger partial charge in [0.1, 0.15) is 0 Å². The number of hydrogen-bond donors (Lipinski definition) is 1. The van der Waals surface area contributed by atoms with Gasteiger partial charge in [0.2, 0.25) is 10.0 Å². The van der Waals surface area contributed by atoms with Crippen LogP contribution in [-0.4, -0.2) is 54.6 Å². The number of sulfonamides is 1. The molecule has 2 heterocycles. The van der Waals surface area contributed by atoms with Gasteiger partial charge < -0.3 is 10.2 Å². The number of nitrogens with one attached hydrogen (secondary N) is 1. The van der Waals surface area contributed by atoms with Gasteiger partial charge in [0, 0.05) is 51.2 Å². The second kappa shape index (κ2) is 8.32. The molecule has 1 aromatic heterocycles. The van der Waals surface area contributed by atoms with E-state index in [0.717, 1.165) is 31.6 Å². The van der Waals surface area contributed by atoms with Crippen molar-refractivity contribution >= 4 is 27.4 Å². The third kappa shape index (κ3) is 4.05. The molecule has 1 aliphatic heterocycles. The summed E-state index contributed by atoms with van der Waals surface area (Å²) in [7, 11) is -1.88. The van der Waals surface area contributed by atoms with E-state index in [1.807, 2.05) is 0 Å². The number of carbonyl (C=O) groups excluding carboxylic acids is 1. The highest BCUT2D eigenvalue weighted by molar-refractivity contribution is 7.89. The zero-order valence-electron chi connectivity index (χ0n) is 16.6. The van der Waals surface area contributed by atoms with Gasteiger partial charge in [-0.2, -0.15) is 9.40 Å². The van der Waals surface area contributed by atoms with Crippen LogP contribution in [-0.2, 0) is 17.1 Å². The van der Waals surface area contributed by atoms with E-state index in [9.17, 15) is 13.2 Å². The van der Waals surface area contributed by atoms with Gasteiger partial charge in [0.15, 0.2) is 5.82 Å². The number of amides is 1. The first-order chi connectivity index (χ1) is 13.4. The molecule has 1 amide bonds. The fraction of sp³-hybridized carbons (Fsp3) is 0.474. The molecule has 1 aliphatic rings. The van der Waals surface area contributed by atoms with E-state index in [2.05, 4.69) is 15.3 Å². The van der Waals surface area contributed by atoms with Crippen molar-refractivity contribution in [2.24, 2.45) is 7.05 Å². The second-order valence-electron chi connectivity index (χ2n) is 6.79. The van der Waals surface area contributed by atoms with Gasteiger partial charge >= 0.3 is 0 Å². The van der Waals surface area contributed by atoms with Crippen LogP contribution in [0, 0.1) is 0 Å². The van der Waals surface area contributed by atoms with E-state index in [-0.39, 0.29) is 10.8 Å². The van der Waals surface area contributed by atoms with Gasteiger partial charge in [-0.15, -0.1) is 0 Å². The van der Waals surface area contributed by atoms with Crippen molar-refractivity contribution in [3.8, 4) is 0 Å². The highest BCUT2D eigenvalue weighted by atomic mass is 32.2. The molecule has 0 unspecified atom stereocenters. The van der Waals surface area contributed by atoms with Crippen LogP contribution in [0.5, 0.6) is 0 Å². The monoisotopic (exact) mass is 405 g/mol. The molecule has 0 atom stereocenters. The predicted molar refractivity (Wildman–Crippen MR) is 109 cm³/mol. The van der Waals surface area contributed by atoms with E-state index >= 15 is 0 Å². The van der Waals surface area contributed by atoms with Crippen LogP contribution >= 0.6 is 0 Å². The topological polar surface area (TPSA) is 87.5 Å². The summed E-state index contributed by atoms with van der Waals surface area (Å²) in [6.45, 7) is 6.06. The molecule has 1 aromatic carbocycles. The van der Waals surface area contributed by atoms with Crippen LogP contribution in [0.4, 0.5) is 11.5 Å². The Hall–Kier alpha value is -2.39. The summed E-state index contributed by atoms with van der Waals surface area (Å²) < 4.78 is 28.8. The molecule has 8 nitrogen and oxygen atoms in total. The van der Waals surface area contributed by atoms with E-state index in [1.165, 1.54) is 10.4 Å². The lowest BCUT2D eigenvalue weighted by Gasteiger charge is -2.23. The van der Waals surface area contributed by atoms with Crippen LogP contribution in [0.1, 0.15) is 37.0 Å². The first-order valence-corrected chi connectivity index (χ1v) is 11.0. The Morgan fingerprint density at radius 3 is 2.43 bits per heavy atom. The lowest BCUT2D eigenvalue weighted by atomic mass is 10.1. The van der Waals surface area contributed by atoms with Gasteiger partial charge in [0.25, 0.3) is 5.91 Å². The largest absolute Gasteiger partial charge is 0.371 e. The van der Waals surface area contributed by atoms with Gasteiger partial charge in [-0.05, 0) is 31.0 Å². The Kier molecular flexibility index (Phi) is 6.04. The average Bonchev–Trinajstić information content (AvgIpc) is 3.34. The predicted octanol–water partition coefficient (Wildman–Crippen LogP) is 2.30. The lowest BCUT2D eigenvalue weighted by Crippen LogP contribution is -2.31. The van der Waals surface area contributed by atoms with Crippen LogP contribution in [0.3, 0.4) is 0 Å². The molecule has 152 valence electrons. The minimum Gasteiger partial charge on any atom is -0.371 e. The second-order valence-corrected chi connectivity index (χ2v) is 8.73. The molecular formula is C19H27N5O3S. The highest BCUT2D eigenvalue weighted by Crippen LogP contribution is 2.29. The Morgan fingerprint density at radius 2 is 1.86 bits per heavy atom. The number of rotatable bonds is 7. The summed E-state index contributed by atoms with van der Waals surface area (Å²) >= 11 is 0. The molecule has 28 heavy (non-hydrogen) atoms. The van der Waals surface area contributed by atoms with Crippen LogP contribution < -0.4 is 10.2 Å². The van der Waals surface area contributed by atoms with Crippen molar-refractivity contribution in [1.29, 1.82) is 0 Å². The molecule has 0 radical (unpaired) electrons. The summed E-state index contributed by atoms with van der Waals surface area (Å²) in [6, 6.07) is 6.53. The number of nitrogens with zero attached hydrogens (tertiary/aromatic N) is 4. The van der Waals surface area contributed by atoms with Crippen molar-refractivity contribution in [3.05, 3.63) is 36.0 Å². The van der Waals surface area contributed by atoms with E-state index in [1.54, 1.807) is 50.0 Å². The number of hydrogen-bond acceptors (Lipinski definition) is 5. The fourth-order valence-electron chi connectivity index (χ4n) is 3.47. The SMILES string of the molecule is CCN(CC)S(=O)(=O)c1ccc(N2CCCC2)c(C(=O)Nc2ccn(C)n2)c1. The molecule has 0 aliphatic carbocycles. The van der Waals surface area contributed by atoms with Crippen LogP contribution in [0.15, 0.2) is 35.4 Å². The standard InChI is InChI=1S/C19H27N5O3S/c1-4-24(5-2)28(26,27)15-8-9-17(23-11-6-7-12-23)16(14-15)19(25)20-18-10-13-22(3)21-18/h8-10,13-14H,4-7,11-12H2,1-3H3,(H,20,21,25). The maximum Gasteiger partial charge on any atom is 0.259 e. The zero-order valence-corrected chi connectivity index (χ0v) is 17.4. The van der Waals surface area contributed by atoms with E-state index in [4.69, 9.17) is 0 Å². The molecular weight excluding hydrogens is 378 g/mol. The van der Waals surface area contributed by atoms with Crippen molar-refractivity contribution in [3.63, 3.8) is 0 Å². The maximum absolute atomic E-state index is 13.0. The number of anilines is 2. The van der Waals surface area contributed by atoms with Crippen molar-refractivity contribution in [1.82, 2.24) is 14.1 Å². The highest BCUT2D eigenvalue weighted by Gasteiger charge is 2.26. The summed E-state index contributed by atoms with van der Waals surface area (Å²) in [4.78, 5) is 15.2. The number of aryl methyl sites for hydroxylation is 1. The molecule has 9 heteroatoms. The smallest absolute Gasteiger partial charge is 0.259 e. The Labute approximate surface area is 166 Å². The minimum atomic E-state index is -3.65. The van der Waals surface area contributed by atoms with Crippen LogP contribution in [0.2, 0.25) is 0 Å². The number of carbonyl (C=O) groups is 1. The fourth-order valence-corrected chi connectivity index (χ4v) is 4.95. The van der Waals surface area contributed by atoms with Gasteiger partial charge in [-0.1, -0.05) is 13.8 Å². The first kappa shape index (κ1) is 20.3. The minimum absolute atomic E-state index is 0.130. The summed E-state index contributed by atoms with van der Waals surface area (Å²) in [5, 5.41) is 6.95. The molecule has 0 bridgehead atoms. The molecule has 0 spiro atoms. The normalized spacial score (nSPS) is 14.6. The Bertz CT molecular complexity index is 944. The molecule has 1 fully saturated rings. The van der Waals surface area contributed by atoms with Gasteiger partial charge in [0.05, 0.1) is 10.5 Å². The summed E-state index contributed by atoms with van der Waals surface area (Å²) in [5.41, 5.74) is 1.10. The Balaban J connectivity index is 2.01. The van der Waals surface area contributed by atoms with Gasteiger partial charge in [-0.25, -0.2) is 8.42 Å². The third-order valence-corrected chi connectivity index (χ3v) is 7.00. The average molecular weight is 406 g/mol. The van der Waals surface area contributed by atoms with Crippen LogP contribution in [0.25, 0.3) is 0 Å². The van der Waals surface area contributed by atoms with E-state index in [0.29, 0.717) is 24.5 Å². The van der Waals surface area contributed by atoms with Crippen molar-refractivity contribution in [2.75, 3.05) is 36.4 Å². The summed E-state index contributed by atoms with van der Waals surface area (Å²) in [6.07, 6.45) is 3.85. The van der Waals surface area contributed by atoms with Gasteiger partial charge in [-0.3, -0.25) is 9.48 Å². The molecule has 0 saturated carbocycles. The molecule has 3 rings (SSSR count). The maximum atomic E-state index is 13.0. The Morgan fingerprint density at radius 1 is 1.18 bits per heavy atom. The molecule has 2 aromatic rings. The number of aromatic nitrogens is 2. The first-order valence-electron chi connectivity index (χ1n) is 9.57. The van der Waals surface area contributed by atoms with E-state index < -0.39 is 10.0 Å². The lowest BCUT2D eigenvalue weighted by molar-refractivity contribution is 0.102. The summed E-state index contributed by atoms with van der Waals surface area (Å²) in [5.74, 6) is 0.0640. The number of benzene rings is 1. The zero-order chi connectivity index (χ0) is 20.3. The molecule has 1 saturated heterocycles. The third-order valence-electron chi connectivity index (χ3n) is 4.96. The van der Waals surface area contributed by atoms with Crippen molar-refractivity contribution < 1.29 is 13.2 Å². The quantitative estimate of drug-likeness (QED) is 0.764. The molecule has 1 N–H and O–H groups in total. The van der Waals surface area contributed by atoms with Crippen molar-refractivity contribution in [2.45, 2.75) is 31.6 Å².